The number of esters is 1. The number of carbonyl (C=O) groups is 1. The summed E-state index contributed by atoms with van der Waals surface area (Å²) in [5, 5.41) is 19.6. The second-order valence-electron chi connectivity index (χ2n) is 11.0. The molecule has 0 aliphatic heterocycles. The fourth-order valence-corrected chi connectivity index (χ4v) is 4.99. The molecular weight excluding hydrogens is 568 g/mol. The minimum atomic E-state index is -6.58. The molecule has 1 rings (SSSR count). The van der Waals surface area contributed by atoms with E-state index < -0.39 is 85.0 Å². The summed E-state index contributed by atoms with van der Waals surface area (Å²) in [6, 6.07) is 0. The van der Waals surface area contributed by atoms with Crippen molar-refractivity contribution in [2.24, 2.45) is 29.6 Å². The molecule has 0 heterocycles. The molecule has 1 aliphatic carbocycles. The molecule has 3 atom stereocenters. The van der Waals surface area contributed by atoms with Gasteiger partial charge in [0.15, 0.2) is 0 Å². The molecule has 4 nitrogen and oxygen atoms in total. The van der Waals surface area contributed by atoms with Crippen LogP contribution in [-0.4, -0.2) is 58.2 Å². The first-order valence-electron chi connectivity index (χ1n) is 12.1. The Kier molecular flexibility index (Phi) is 10.8. The Morgan fingerprint density at radius 2 is 1.03 bits per heavy atom. The molecule has 39 heavy (non-hydrogen) atoms. The van der Waals surface area contributed by atoms with Crippen molar-refractivity contribution in [3.63, 3.8) is 0 Å². The van der Waals surface area contributed by atoms with Gasteiger partial charge in [-0.15, -0.1) is 0 Å². The highest BCUT2D eigenvalue weighted by Gasteiger charge is 2.78. The lowest BCUT2D eigenvalue weighted by molar-refractivity contribution is -0.405. The van der Waals surface area contributed by atoms with E-state index in [2.05, 4.69) is 0 Å². The van der Waals surface area contributed by atoms with Crippen LogP contribution in [0.4, 0.5) is 52.7 Å². The second-order valence-corrected chi connectivity index (χ2v) is 11.0. The van der Waals surface area contributed by atoms with Gasteiger partial charge in [-0.2, -0.15) is 52.7 Å². The minimum Gasteiger partial charge on any atom is -0.462 e. The fourth-order valence-electron chi connectivity index (χ4n) is 4.99. The van der Waals surface area contributed by atoms with Gasteiger partial charge in [0, 0.05) is 11.8 Å². The third-order valence-electron chi connectivity index (χ3n) is 7.04. The molecule has 1 saturated carbocycles. The normalized spacial score (nSPS) is 23.3. The number of hydrogen-bond acceptors (Lipinski definition) is 4. The summed E-state index contributed by atoms with van der Waals surface area (Å²) < 4.78 is 167. The molecule has 0 bridgehead atoms. The zero-order valence-electron chi connectivity index (χ0n) is 21.5. The van der Waals surface area contributed by atoms with Crippen molar-refractivity contribution in [1.29, 1.82) is 0 Å². The average Bonchev–Trinajstić information content (AvgIpc) is 2.71. The topological polar surface area (TPSA) is 66.8 Å². The van der Waals surface area contributed by atoms with E-state index in [-0.39, 0.29) is 24.7 Å². The highest BCUT2D eigenvalue weighted by molar-refractivity contribution is 5.72. The van der Waals surface area contributed by atoms with E-state index in [1.807, 2.05) is 0 Å². The molecule has 3 unspecified atom stereocenters. The van der Waals surface area contributed by atoms with Crippen LogP contribution >= 0.6 is 0 Å². The monoisotopic (exact) mass is 600 g/mol. The Labute approximate surface area is 217 Å². The molecule has 0 amide bonds. The van der Waals surface area contributed by atoms with E-state index >= 15 is 0 Å². The zero-order valence-corrected chi connectivity index (χ0v) is 21.5. The largest absolute Gasteiger partial charge is 0.462 e. The van der Waals surface area contributed by atoms with Crippen molar-refractivity contribution in [1.82, 2.24) is 0 Å². The standard InChI is InChI=1S/C23H32F12O4/c1-11(2)5-6-13(7-12(3)4)17(36)39-16-9-14(18(37,20(24,25)26)21(27,28)29)8-15(10-16)19(38,22(30,31)32)23(33,34)35/h11-16,37-38H,5-10H2,1-4H3. The first-order chi connectivity index (χ1) is 17.2. The lowest BCUT2D eigenvalue weighted by Gasteiger charge is -2.48. The predicted molar refractivity (Wildman–Crippen MR) is 112 cm³/mol. The number of ether oxygens (including phenoxy) is 1. The number of rotatable bonds is 9. The quantitative estimate of drug-likeness (QED) is 0.219. The summed E-state index contributed by atoms with van der Waals surface area (Å²) in [4.78, 5) is 12.8. The number of carbonyl (C=O) groups excluding carboxylic acids is 1. The smallest absolute Gasteiger partial charge is 0.426 e. The number of alkyl halides is 12. The maximum Gasteiger partial charge on any atom is 0.426 e. The van der Waals surface area contributed by atoms with Gasteiger partial charge in [0.05, 0.1) is 5.92 Å². The highest BCUT2D eigenvalue weighted by atomic mass is 19.4. The predicted octanol–water partition coefficient (Wildman–Crippen LogP) is 7.12. The molecule has 0 aromatic rings. The highest BCUT2D eigenvalue weighted by Crippen LogP contribution is 2.58. The van der Waals surface area contributed by atoms with Crippen LogP contribution < -0.4 is 0 Å². The van der Waals surface area contributed by atoms with Crippen LogP contribution in [0.2, 0.25) is 0 Å². The molecule has 0 spiro atoms. The second kappa shape index (κ2) is 11.8. The van der Waals surface area contributed by atoms with Gasteiger partial charge in [-0.25, -0.2) is 0 Å². The molecular formula is C23H32F12O4. The van der Waals surface area contributed by atoms with E-state index in [1.54, 1.807) is 27.7 Å². The van der Waals surface area contributed by atoms with Gasteiger partial charge in [-0.1, -0.05) is 34.1 Å². The average molecular weight is 600 g/mol. The Morgan fingerprint density at radius 3 is 1.31 bits per heavy atom. The third kappa shape index (κ3) is 7.64. The summed E-state index contributed by atoms with van der Waals surface area (Å²) in [5.41, 5.74) is -11.5. The molecule has 1 aliphatic rings. The number of hydrogen-bond donors (Lipinski definition) is 2. The molecule has 0 aromatic carbocycles. The summed E-state index contributed by atoms with van der Waals surface area (Å²) in [6.07, 6.45) is -33.3. The van der Waals surface area contributed by atoms with Crippen molar-refractivity contribution in [3.8, 4) is 0 Å². The van der Waals surface area contributed by atoms with Gasteiger partial charge in [-0.3, -0.25) is 4.79 Å². The van der Waals surface area contributed by atoms with Crippen molar-refractivity contribution in [2.75, 3.05) is 0 Å². The fraction of sp³-hybridized carbons (Fsp3) is 0.957. The van der Waals surface area contributed by atoms with Crippen molar-refractivity contribution in [2.45, 2.75) is 108 Å². The summed E-state index contributed by atoms with van der Waals surface area (Å²) >= 11 is 0. The van der Waals surface area contributed by atoms with Crippen LogP contribution in [0.3, 0.4) is 0 Å². The van der Waals surface area contributed by atoms with Gasteiger partial charge >= 0.3 is 30.7 Å². The molecule has 0 saturated heterocycles. The van der Waals surface area contributed by atoms with Gasteiger partial charge in [0.2, 0.25) is 0 Å². The third-order valence-corrected chi connectivity index (χ3v) is 7.04. The maximum absolute atomic E-state index is 13.5. The van der Waals surface area contributed by atoms with Crippen LogP contribution in [0.1, 0.15) is 66.2 Å². The van der Waals surface area contributed by atoms with Gasteiger partial charge in [0.1, 0.15) is 6.10 Å². The van der Waals surface area contributed by atoms with E-state index in [4.69, 9.17) is 4.74 Å². The van der Waals surface area contributed by atoms with Crippen LogP contribution in [0, 0.1) is 29.6 Å². The van der Waals surface area contributed by atoms with Gasteiger partial charge in [-0.05, 0) is 43.9 Å². The Hall–Kier alpha value is -1.45. The molecule has 0 radical (unpaired) electrons. The Balaban J connectivity index is 3.62. The maximum atomic E-state index is 13.5. The van der Waals surface area contributed by atoms with E-state index in [0.717, 1.165) is 0 Å². The van der Waals surface area contributed by atoms with Crippen LogP contribution in [-0.2, 0) is 9.53 Å². The van der Waals surface area contributed by atoms with E-state index in [0.29, 0.717) is 6.42 Å². The number of halogens is 12. The van der Waals surface area contributed by atoms with Crippen LogP contribution in [0.15, 0.2) is 0 Å². The molecule has 1 fully saturated rings. The van der Waals surface area contributed by atoms with Crippen molar-refractivity contribution >= 4 is 5.97 Å². The van der Waals surface area contributed by atoms with E-state index in [9.17, 15) is 67.7 Å². The lowest BCUT2D eigenvalue weighted by Crippen LogP contribution is -2.67. The molecule has 16 heteroatoms. The molecule has 232 valence electrons. The van der Waals surface area contributed by atoms with Gasteiger partial charge < -0.3 is 14.9 Å². The van der Waals surface area contributed by atoms with E-state index in [1.165, 1.54) is 0 Å². The first kappa shape index (κ1) is 35.6. The SMILES string of the molecule is CC(C)CCC(CC(C)C)C(=O)OC1CC(C(O)(C(F)(F)F)C(F)(F)F)CC(C(O)(C(F)(F)F)C(F)(F)F)C1. The number of aliphatic hydroxyl groups is 2. The summed E-state index contributed by atoms with van der Waals surface area (Å²) in [7, 11) is 0. The van der Waals surface area contributed by atoms with Gasteiger partial charge in [0.25, 0.3) is 11.2 Å². The first-order valence-corrected chi connectivity index (χ1v) is 12.1. The van der Waals surface area contributed by atoms with Crippen LogP contribution in [0.5, 0.6) is 0 Å². The summed E-state index contributed by atoms with van der Waals surface area (Å²) in [5.74, 6) is -9.10. The Morgan fingerprint density at radius 1 is 0.667 bits per heavy atom. The molecule has 2 N–H and O–H groups in total. The lowest BCUT2D eigenvalue weighted by atomic mass is 9.65. The molecule has 0 aromatic heterocycles. The summed E-state index contributed by atoms with van der Waals surface area (Å²) in [6.45, 7) is 6.89. The zero-order chi connectivity index (χ0) is 31.0. The minimum absolute atomic E-state index is 0.0399. The van der Waals surface area contributed by atoms with Crippen molar-refractivity contribution in [3.05, 3.63) is 0 Å². The van der Waals surface area contributed by atoms with Crippen LogP contribution in [0.25, 0.3) is 0 Å². The van der Waals surface area contributed by atoms with Crippen molar-refractivity contribution < 1.29 is 72.4 Å². The Bertz CT molecular complexity index is 740.